The summed E-state index contributed by atoms with van der Waals surface area (Å²) in [7, 11) is 0. The van der Waals surface area contributed by atoms with E-state index in [0.717, 1.165) is 21.5 Å². The van der Waals surface area contributed by atoms with Crippen LogP contribution in [-0.2, 0) is 0 Å². The number of aromatic amines is 1. The molecule has 0 fully saturated rings. The first-order chi connectivity index (χ1) is 6.83. The topological polar surface area (TPSA) is 15.8 Å². The van der Waals surface area contributed by atoms with E-state index in [0.29, 0.717) is 5.88 Å². The van der Waals surface area contributed by atoms with Gasteiger partial charge >= 0.3 is 0 Å². The molecular formula is C11H9Cl2N. The van der Waals surface area contributed by atoms with Crippen molar-refractivity contribution >= 4 is 40.2 Å². The molecule has 3 heteroatoms. The van der Waals surface area contributed by atoms with Gasteiger partial charge in [0.25, 0.3) is 0 Å². The van der Waals surface area contributed by atoms with Gasteiger partial charge in [0.15, 0.2) is 0 Å². The number of benzene rings is 1. The van der Waals surface area contributed by atoms with Crippen molar-refractivity contribution in [2.24, 2.45) is 0 Å². The molecule has 1 nitrogen and oxygen atoms in total. The number of fused-ring (bicyclic) bond motifs is 1. The van der Waals surface area contributed by atoms with E-state index < -0.39 is 0 Å². The molecule has 72 valence electrons. The van der Waals surface area contributed by atoms with Gasteiger partial charge in [-0.2, -0.15) is 0 Å². The number of hydrogen-bond acceptors (Lipinski definition) is 0. The SMILES string of the molecule is ClCC=Cc1c[nH]c2cccc(Cl)c12. The molecule has 0 radical (unpaired) electrons. The Bertz CT molecular complexity index is 471. The van der Waals surface area contributed by atoms with Crippen LogP contribution in [0, 0.1) is 0 Å². The Kier molecular flexibility index (Phi) is 2.80. The Hall–Kier alpha value is -0.920. The van der Waals surface area contributed by atoms with Gasteiger partial charge < -0.3 is 4.98 Å². The molecule has 0 aliphatic carbocycles. The molecule has 0 saturated heterocycles. The van der Waals surface area contributed by atoms with Crippen molar-refractivity contribution in [1.82, 2.24) is 4.98 Å². The summed E-state index contributed by atoms with van der Waals surface area (Å²) in [5.74, 6) is 0.511. The Balaban J connectivity index is 2.61. The van der Waals surface area contributed by atoms with Crippen molar-refractivity contribution in [1.29, 1.82) is 0 Å². The summed E-state index contributed by atoms with van der Waals surface area (Å²) in [4.78, 5) is 3.16. The van der Waals surface area contributed by atoms with Crippen LogP contribution in [0.25, 0.3) is 17.0 Å². The maximum absolute atomic E-state index is 6.10. The van der Waals surface area contributed by atoms with E-state index in [-0.39, 0.29) is 0 Å². The largest absolute Gasteiger partial charge is 0.361 e. The number of nitrogens with one attached hydrogen (secondary N) is 1. The second kappa shape index (κ2) is 4.07. The molecule has 1 heterocycles. The molecule has 14 heavy (non-hydrogen) atoms. The molecule has 0 atom stereocenters. The Labute approximate surface area is 92.3 Å². The summed E-state index contributed by atoms with van der Waals surface area (Å²) < 4.78 is 0. The highest BCUT2D eigenvalue weighted by molar-refractivity contribution is 6.36. The summed E-state index contributed by atoms with van der Waals surface area (Å²) >= 11 is 11.7. The van der Waals surface area contributed by atoms with E-state index in [2.05, 4.69) is 4.98 Å². The lowest BCUT2D eigenvalue weighted by Crippen LogP contribution is -1.71. The molecule has 1 aromatic carbocycles. The van der Waals surface area contributed by atoms with Gasteiger partial charge in [-0.1, -0.05) is 29.8 Å². The highest BCUT2D eigenvalue weighted by atomic mass is 35.5. The lowest BCUT2D eigenvalue weighted by atomic mass is 10.1. The highest BCUT2D eigenvalue weighted by Gasteiger charge is 2.03. The van der Waals surface area contributed by atoms with Crippen molar-refractivity contribution < 1.29 is 0 Å². The zero-order valence-corrected chi connectivity index (χ0v) is 8.94. The van der Waals surface area contributed by atoms with Crippen molar-refractivity contribution in [2.45, 2.75) is 0 Å². The smallest absolute Gasteiger partial charge is 0.0505 e. The molecule has 0 aliphatic heterocycles. The fraction of sp³-hybridized carbons (Fsp3) is 0.0909. The predicted octanol–water partition coefficient (Wildman–Crippen LogP) is 4.07. The summed E-state index contributed by atoms with van der Waals surface area (Å²) in [5.41, 5.74) is 2.12. The van der Waals surface area contributed by atoms with Gasteiger partial charge in [-0.3, -0.25) is 0 Å². The van der Waals surface area contributed by atoms with Crippen LogP contribution < -0.4 is 0 Å². The second-order valence-electron chi connectivity index (χ2n) is 2.96. The lowest BCUT2D eigenvalue weighted by molar-refractivity contribution is 1.47. The zero-order valence-electron chi connectivity index (χ0n) is 7.43. The first-order valence-corrected chi connectivity index (χ1v) is 5.22. The van der Waals surface area contributed by atoms with E-state index in [1.54, 1.807) is 0 Å². The third-order valence-corrected chi connectivity index (χ3v) is 2.57. The van der Waals surface area contributed by atoms with Gasteiger partial charge in [0.1, 0.15) is 0 Å². The average Bonchev–Trinajstić information content (AvgIpc) is 2.59. The number of allylic oxidation sites excluding steroid dienone is 1. The van der Waals surface area contributed by atoms with Crippen LogP contribution in [0.15, 0.2) is 30.5 Å². The van der Waals surface area contributed by atoms with Crippen LogP contribution in [-0.4, -0.2) is 10.9 Å². The van der Waals surface area contributed by atoms with Gasteiger partial charge in [-0.05, 0) is 12.1 Å². The third-order valence-electron chi connectivity index (χ3n) is 2.07. The highest BCUT2D eigenvalue weighted by Crippen LogP contribution is 2.27. The van der Waals surface area contributed by atoms with Crippen molar-refractivity contribution in [3.63, 3.8) is 0 Å². The maximum atomic E-state index is 6.10. The van der Waals surface area contributed by atoms with Crippen LogP contribution in [0.1, 0.15) is 5.56 Å². The predicted molar refractivity (Wildman–Crippen MR) is 63.1 cm³/mol. The van der Waals surface area contributed by atoms with E-state index in [1.807, 2.05) is 36.5 Å². The number of hydrogen-bond donors (Lipinski definition) is 1. The molecule has 2 rings (SSSR count). The minimum absolute atomic E-state index is 0.511. The Morgan fingerprint density at radius 1 is 1.36 bits per heavy atom. The summed E-state index contributed by atoms with van der Waals surface area (Å²) in [6, 6.07) is 5.81. The minimum Gasteiger partial charge on any atom is -0.361 e. The van der Waals surface area contributed by atoms with Crippen LogP contribution in [0.3, 0.4) is 0 Å². The number of rotatable bonds is 2. The zero-order chi connectivity index (χ0) is 9.97. The Morgan fingerprint density at radius 3 is 3.00 bits per heavy atom. The summed E-state index contributed by atoms with van der Waals surface area (Å²) in [6.45, 7) is 0. The van der Waals surface area contributed by atoms with Crippen molar-refractivity contribution in [3.8, 4) is 0 Å². The van der Waals surface area contributed by atoms with Crippen LogP contribution in [0.2, 0.25) is 5.02 Å². The van der Waals surface area contributed by atoms with E-state index in [4.69, 9.17) is 23.2 Å². The maximum Gasteiger partial charge on any atom is 0.0505 e. The normalized spacial score (nSPS) is 11.6. The Morgan fingerprint density at radius 2 is 2.21 bits per heavy atom. The molecule has 0 bridgehead atoms. The van der Waals surface area contributed by atoms with Gasteiger partial charge in [0.05, 0.1) is 5.02 Å². The average molecular weight is 226 g/mol. The fourth-order valence-electron chi connectivity index (χ4n) is 1.47. The molecule has 1 N–H and O–H groups in total. The van der Waals surface area contributed by atoms with E-state index in [1.165, 1.54) is 0 Å². The van der Waals surface area contributed by atoms with Crippen LogP contribution >= 0.6 is 23.2 Å². The van der Waals surface area contributed by atoms with E-state index >= 15 is 0 Å². The van der Waals surface area contributed by atoms with Gasteiger partial charge in [-0.25, -0.2) is 0 Å². The molecule has 0 spiro atoms. The van der Waals surface area contributed by atoms with Gasteiger partial charge in [-0.15, -0.1) is 11.6 Å². The van der Waals surface area contributed by atoms with Crippen LogP contribution in [0.5, 0.6) is 0 Å². The number of H-pyrrole nitrogens is 1. The van der Waals surface area contributed by atoms with E-state index in [9.17, 15) is 0 Å². The van der Waals surface area contributed by atoms with Gasteiger partial charge in [0.2, 0.25) is 0 Å². The lowest BCUT2D eigenvalue weighted by Gasteiger charge is -1.94. The van der Waals surface area contributed by atoms with Crippen molar-refractivity contribution in [3.05, 3.63) is 41.1 Å². The van der Waals surface area contributed by atoms with Crippen molar-refractivity contribution in [2.75, 3.05) is 5.88 Å². The molecule has 0 saturated carbocycles. The standard InChI is InChI=1S/C11H9Cl2N/c12-6-2-3-8-7-14-10-5-1-4-9(13)11(8)10/h1-5,7,14H,6H2. The molecule has 0 unspecified atom stereocenters. The van der Waals surface area contributed by atoms with Crippen LogP contribution in [0.4, 0.5) is 0 Å². The number of alkyl halides is 1. The fourth-order valence-corrected chi connectivity index (χ4v) is 1.84. The summed E-state index contributed by atoms with van der Waals surface area (Å²) in [6.07, 6.45) is 5.80. The number of halogens is 2. The molecule has 0 aliphatic rings. The number of aromatic nitrogens is 1. The molecule has 0 amide bonds. The second-order valence-corrected chi connectivity index (χ2v) is 3.68. The molecule has 2 aromatic rings. The monoisotopic (exact) mass is 225 g/mol. The third kappa shape index (κ3) is 1.66. The quantitative estimate of drug-likeness (QED) is 0.742. The first kappa shape index (κ1) is 9.63. The van der Waals surface area contributed by atoms with Gasteiger partial charge in [0, 0.05) is 28.5 Å². The minimum atomic E-state index is 0.511. The summed E-state index contributed by atoms with van der Waals surface area (Å²) in [5, 5.41) is 1.81. The first-order valence-electron chi connectivity index (χ1n) is 4.31. The molecule has 1 aromatic heterocycles. The molecular weight excluding hydrogens is 217 g/mol.